The third-order valence-corrected chi connectivity index (χ3v) is 2.31. The van der Waals surface area contributed by atoms with E-state index in [0.717, 1.165) is 25.1 Å². The Morgan fingerprint density at radius 2 is 2.44 bits per heavy atom. The van der Waals surface area contributed by atoms with E-state index < -0.39 is 0 Å². The fourth-order valence-corrected chi connectivity index (χ4v) is 1.54. The molecule has 0 aromatic carbocycles. The molecule has 1 amide bonds. The van der Waals surface area contributed by atoms with Crippen molar-refractivity contribution in [2.75, 3.05) is 6.54 Å². The summed E-state index contributed by atoms with van der Waals surface area (Å²) in [5, 5.41) is 2.86. The highest BCUT2D eigenvalue weighted by molar-refractivity contribution is 5.92. The molecule has 16 heavy (non-hydrogen) atoms. The van der Waals surface area contributed by atoms with Gasteiger partial charge in [0.25, 0.3) is 5.91 Å². The van der Waals surface area contributed by atoms with E-state index in [2.05, 4.69) is 18.2 Å². The van der Waals surface area contributed by atoms with Crippen LogP contribution in [0.25, 0.3) is 0 Å². The molecular formula is C13H18N2O. The van der Waals surface area contributed by atoms with Gasteiger partial charge in [-0.15, -0.1) is 12.3 Å². The predicted molar refractivity (Wildman–Crippen MR) is 65.1 cm³/mol. The number of aromatic nitrogens is 1. The van der Waals surface area contributed by atoms with Crippen molar-refractivity contribution in [2.24, 2.45) is 0 Å². The smallest absolute Gasteiger partial charge is 0.267 e. The Bertz CT molecular complexity index is 374. The maximum atomic E-state index is 11.8. The Kier molecular flexibility index (Phi) is 5.21. The Morgan fingerprint density at radius 3 is 3.12 bits per heavy atom. The Labute approximate surface area is 96.8 Å². The summed E-state index contributed by atoms with van der Waals surface area (Å²) in [7, 11) is 0. The number of hydrogen-bond acceptors (Lipinski definition) is 1. The van der Waals surface area contributed by atoms with Crippen LogP contribution in [0.15, 0.2) is 18.3 Å². The Morgan fingerprint density at radius 1 is 1.62 bits per heavy atom. The standard InChI is InChI=1S/C13H18N2O/c1-3-5-6-9-14-13(16)12-8-7-11-15(12)10-4-2/h1,7-8,11H,4-6,9-10H2,2H3,(H,14,16). The first-order chi connectivity index (χ1) is 7.79. The first-order valence-corrected chi connectivity index (χ1v) is 5.66. The van der Waals surface area contributed by atoms with Crippen molar-refractivity contribution >= 4 is 5.91 Å². The van der Waals surface area contributed by atoms with Crippen LogP contribution >= 0.6 is 0 Å². The van der Waals surface area contributed by atoms with Gasteiger partial charge in [-0.25, -0.2) is 0 Å². The molecule has 3 nitrogen and oxygen atoms in total. The lowest BCUT2D eigenvalue weighted by molar-refractivity contribution is 0.0944. The first-order valence-electron chi connectivity index (χ1n) is 5.66. The number of rotatable bonds is 6. The Hall–Kier alpha value is -1.69. The third-order valence-electron chi connectivity index (χ3n) is 2.31. The van der Waals surface area contributed by atoms with Gasteiger partial charge in [0.2, 0.25) is 0 Å². The SMILES string of the molecule is C#CCCCNC(=O)c1cccn1CCC. The predicted octanol–water partition coefficient (Wildman–Crippen LogP) is 2.04. The minimum absolute atomic E-state index is 0.0181. The van der Waals surface area contributed by atoms with Crippen LogP contribution in [0.2, 0.25) is 0 Å². The molecule has 0 fully saturated rings. The third kappa shape index (κ3) is 3.47. The fourth-order valence-electron chi connectivity index (χ4n) is 1.54. The van der Waals surface area contributed by atoms with Crippen molar-refractivity contribution in [3.63, 3.8) is 0 Å². The van der Waals surface area contributed by atoms with E-state index >= 15 is 0 Å². The average Bonchev–Trinajstić information content (AvgIpc) is 2.73. The molecule has 1 aromatic heterocycles. The van der Waals surface area contributed by atoms with Crippen molar-refractivity contribution in [1.29, 1.82) is 0 Å². The van der Waals surface area contributed by atoms with Gasteiger partial charge in [0.15, 0.2) is 0 Å². The molecule has 1 N–H and O–H groups in total. The highest BCUT2D eigenvalue weighted by Gasteiger charge is 2.08. The van der Waals surface area contributed by atoms with Gasteiger partial charge in [-0.05, 0) is 25.0 Å². The normalized spacial score (nSPS) is 9.75. The molecule has 3 heteroatoms. The molecule has 0 aliphatic heterocycles. The highest BCUT2D eigenvalue weighted by atomic mass is 16.1. The first kappa shape index (κ1) is 12.4. The number of nitrogens with zero attached hydrogens (tertiary/aromatic N) is 1. The lowest BCUT2D eigenvalue weighted by Gasteiger charge is -2.08. The zero-order valence-electron chi connectivity index (χ0n) is 9.70. The summed E-state index contributed by atoms with van der Waals surface area (Å²) in [6.07, 6.45) is 9.62. The number of hydrogen-bond donors (Lipinski definition) is 1. The molecule has 1 rings (SSSR count). The van der Waals surface area contributed by atoms with Gasteiger partial charge < -0.3 is 9.88 Å². The lowest BCUT2D eigenvalue weighted by Crippen LogP contribution is -2.26. The van der Waals surface area contributed by atoms with Crippen molar-refractivity contribution in [3.05, 3.63) is 24.0 Å². The van der Waals surface area contributed by atoms with Crippen LogP contribution in [-0.2, 0) is 6.54 Å². The number of amides is 1. The lowest BCUT2D eigenvalue weighted by atomic mass is 10.3. The zero-order valence-corrected chi connectivity index (χ0v) is 9.70. The van der Waals surface area contributed by atoms with Gasteiger partial charge in [0.1, 0.15) is 5.69 Å². The number of carbonyl (C=O) groups excluding carboxylic acids is 1. The van der Waals surface area contributed by atoms with Crippen LogP contribution in [-0.4, -0.2) is 17.0 Å². The molecular weight excluding hydrogens is 200 g/mol. The molecule has 1 heterocycles. The molecule has 1 aromatic rings. The van der Waals surface area contributed by atoms with Gasteiger partial charge in [0, 0.05) is 25.7 Å². The minimum atomic E-state index is -0.0181. The summed E-state index contributed by atoms with van der Waals surface area (Å²) in [4.78, 5) is 11.8. The molecule has 0 aliphatic carbocycles. The summed E-state index contributed by atoms with van der Waals surface area (Å²) < 4.78 is 1.97. The van der Waals surface area contributed by atoms with E-state index in [9.17, 15) is 4.79 Å². The largest absolute Gasteiger partial charge is 0.351 e. The quantitative estimate of drug-likeness (QED) is 0.575. The molecule has 86 valence electrons. The van der Waals surface area contributed by atoms with E-state index in [0.29, 0.717) is 13.0 Å². The van der Waals surface area contributed by atoms with E-state index in [1.54, 1.807) is 0 Å². The van der Waals surface area contributed by atoms with Crippen LogP contribution in [0, 0.1) is 12.3 Å². The van der Waals surface area contributed by atoms with Crippen LogP contribution in [0.4, 0.5) is 0 Å². The van der Waals surface area contributed by atoms with Crippen molar-refractivity contribution < 1.29 is 4.79 Å². The average molecular weight is 218 g/mol. The summed E-state index contributed by atoms with van der Waals surface area (Å²) in [5.41, 5.74) is 0.725. The number of unbranched alkanes of at least 4 members (excludes halogenated alkanes) is 1. The fraction of sp³-hybridized carbons (Fsp3) is 0.462. The molecule has 0 bridgehead atoms. The topological polar surface area (TPSA) is 34.0 Å². The van der Waals surface area contributed by atoms with Crippen LogP contribution in [0.1, 0.15) is 36.7 Å². The molecule has 0 spiro atoms. The Balaban J connectivity index is 2.46. The van der Waals surface area contributed by atoms with Crippen LogP contribution in [0.3, 0.4) is 0 Å². The summed E-state index contributed by atoms with van der Waals surface area (Å²) in [5.74, 6) is 2.53. The number of carbonyl (C=O) groups is 1. The molecule has 0 saturated carbocycles. The molecule has 0 saturated heterocycles. The van der Waals surface area contributed by atoms with E-state index in [4.69, 9.17) is 6.42 Å². The van der Waals surface area contributed by atoms with Gasteiger partial charge >= 0.3 is 0 Å². The molecule has 0 atom stereocenters. The second-order valence-corrected chi connectivity index (χ2v) is 3.65. The van der Waals surface area contributed by atoms with E-state index in [-0.39, 0.29) is 5.91 Å². The van der Waals surface area contributed by atoms with Gasteiger partial charge in [-0.1, -0.05) is 6.92 Å². The number of aryl methyl sites for hydroxylation is 1. The van der Waals surface area contributed by atoms with Crippen LogP contribution in [0.5, 0.6) is 0 Å². The minimum Gasteiger partial charge on any atom is -0.351 e. The van der Waals surface area contributed by atoms with E-state index in [1.807, 2.05) is 22.9 Å². The van der Waals surface area contributed by atoms with Crippen molar-refractivity contribution in [2.45, 2.75) is 32.7 Å². The van der Waals surface area contributed by atoms with Gasteiger partial charge in [-0.2, -0.15) is 0 Å². The maximum Gasteiger partial charge on any atom is 0.267 e. The number of terminal acetylenes is 1. The highest BCUT2D eigenvalue weighted by Crippen LogP contribution is 2.03. The maximum absolute atomic E-state index is 11.8. The number of nitrogens with one attached hydrogen (secondary N) is 1. The summed E-state index contributed by atoms with van der Waals surface area (Å²) in [6.45, 7) is 3.61. The monoisotopic (exact) mass is 218 g/mol. The van der Waals surface area contributed by atoms with Gasteiger partial charge in [-0.3, -0.25) is 4.79 Å². The molecule has 0 radical (unpaired) electrons. The van der Waals surface area contributed by atoms with Crippen molar-refractivity contribution in [1.82, 2.24) is 9.88 Å². The second kappa shape index (κ2) is 6.73. The summed E-state index contributed by atoms with van der Waals surface area (Å²) >= 11 is 0. The zero-order chi connectivity index (χ0) is 11.8. The van der Waals surface area contributed by atoms with Gasteiger partial charge in [0.05, 0.1) is 0 Å². The molecule has 0 aliphatic rings. The molecule has 0 unspecified atom stereocenters. The van der Waals surface area contributed by atoms with Crippen molar-refractivity contribution in [3.8, 4) is 12.3 Å². The second-order valence-electron chi connectivity index (χ2n) is 3.65. The van der Waals surface area contributed by atoms with E-state index in [1.165, 1.54) is 0 Å². The van der Waals surface area contributed by atoms with Crippen LogP contribution < -0.4 is 5.32 Å². The summed E-state index contributed by atoms with van der Waals surface area (Å²) in [6, 6.07) is 3.73.